The number of aromatic nitrogens is 2. The van der Waals surface area contributed by atoms with E-state index < -0.39 is 0 Å². The third-order valence-corrected chi connectivity index (χ3v) is 2.97. The van der Waals surface area contributed by atoms with Crippen molar-refractivity contribution < 1.29 is 0 Å². The molecule has 1 N–H and O–H groups in total. The van der Waals surface area contributed by atoms with Crippen LogP contribution in [-0.4, -0.2) is 9.97 Å². The fraction of sp³-hybridized carbons (Fsp3) is 0.286. The van der Waals surface area contributed by atoms with Crippen LogP contribution in [0.5, 0.6) is 0 Å². The van der Waals surface area contributed by atoms with Crippen molar-refractivity contribution in [1.82, 2.24) is 9.97 Å². The van der Waals surface area contributed by atoms with E-state index in [0.29, 0.717) is 0 Å². The third-order valence-electron chi connectivity index (χ3n) is 2.74. The van der Waals surface area contributed by atoms with Gasteiger partial charge in [0, 0.05) is 17.4 Å². The molecule has 1 aromatic heterocycles. The van der Waals surface area contributed by atoms with Gasteiger partial charge in [-0.05, 0) is 25.0 Å². The fourth-order valence-electron chi connectivity index (χ4n) is 1.75. The SMILES string of the molecule is CCc1cc(Nc2ccccc2C(C)Cl)ncn1. The zero-order chi connectivity index (χ0) is 13.0. The number of nitrogens with one attached hydrogen (secondary N) is 1. The van der Waals surface area contributed by atoms with Crippen LogP contribution >= 0.6 is 11.6 Å². The number of hydrogen-bond donors (Lipinski definition) is 1. The smallest absolute Gasteiger partial charge is 0.133 e. The number of aryl methyl sites for hydroxylation is 1. The van der Waals surface area contributed by atoms with E-state index >= 15 is 0 Å². The van der Waals surface area contributed by atoms with Crippen molar-refractivity contribution in [3.8, 4) is 0 Å². The van der Waals surface area contributed by atoms with E-state index in [1.807, 2.05) is 37.3 Å². The molecule has 0 aliphatic carbocycles. The molecule has 94 valence electrons. The summed E-state index contributed by atoms with van der Waals surface area (Å²) in [6.45, 7) is 4.03. The molecule has 1 heterocycles. The molecule has 2 rings (SSSR count). The first-order valence-electron chi connectivity index (χ1n) is 6.01. The molecule has 1 aromatic carbocycles. The van der Waals surface area contributed by atoms with Gasteiger partial charge in [-0.3, -0.25) is 0 Å². The van der Waals surface area contributed by atoms with E-state index in [1.165, 1.54) is 0 Å². The molecule has 1 atom stereocenters. The van der Waals surface area contributed by atoms with Gasteiger partial charge in [-0.1, -0.05) is 25.1 Å². The van der Waals surface area contributed by atoms with Gasteiger partial charge < -0.3 is 5.32 Å². The van der Waals surface area contributed by atoms with Crippen LogP contribution in [0.2, 0.25) is 0 Å². The number of benzene rings is 1. The maximum Gasteiger partial charge on any atom is 0.133 e. The molecule has 4 heteroatoms. The van der Waals surface area contributed by atoms with Gasteiger partial charge in [0.1, 0.15) is 12.1 Å². The number of alkyl halides is 1. The number of para-hydroxylation sites is 1. The first kappa shape index (κ1) is 12.8. The minimum atomic E-state index is -0.0406. The first-order valence-corrected chi connectivity index (χ1v) is 6.45. The van der Waals surface area contributed by atoms with Crippen molar-refractivity contribution >= 4 is 23.1 Å². The largest absolute Gasteiger partial charge is 0.340 e. The van der Waals surface area contributed by atoms with Gasteiger partial charge in [-0.25, -0.2) is 9.97 Å². The fourth-order valence-corrected chi connectivity index (χ4v) is 1.95. The lowest BCUT2D eigenvalue weighted by Crippen LogP contribution is -2.00. The normalized spacial score (nSPS) is 12.2. The van der Waals surface area contributed by atoms with Crippen molar-refractivity contribution in [3.63, 3.8) is 0 Å². The van der Waals surface area contributed by atoms with Crippen LogP contribution in [0, 0.1) is 0 Å². The quantitative estimate of drug-likeness (QED) is 0.843. The second-order valence-electron chi connectivity index (χ2n) is 4.08. The summed E-state index contributed by atoms with van der Waals surface area (Å²) in [5.41, 5.74) is 3.07. The number of anilines is 2. The van der Waals surface area contributed by atoms with Gasteiger partial charge in [-0.15, -0.1) is 11.6 Å². The van der Waals surface area contributed by atoms with E-state index in [2.05, 4.69) is 22.2 Å². The zero-order valence-electron chi connectivity index (χ0n) is 10.5. The monoisotopic (exact) mass is 261 g/mol. The van der Waals surface area contributed by atoms with E-state index in [0.717, 1.165) is 29.2 Å². The van der Waals surface area contributed by atoms with Crippen LogP contribution in [0.25, 0.3) is 0 Å². The highest BCUT2D eigenvalue weighted by atomic mass is 35.5. The van der Waals surface area contributed by atoms with Crippen LogP contribution in [0.4, 0.5) is 11.5 Å². The maximum atomic E-state index is 6.16. The summed E-state index contributed by atoms with van der Waals surface area (Å²) in [6, 6.07) is 9.93. The van der Waals surface area contributed by atoms with Crippen molar-refractivity contribution in [3.05, 3.63) is 47.9 Å². The summed E-state index contributed by atoms with van der Waals surface area (Å²) in [5.74, 6) is 0.798. The summed E-state index contributed by atoms with van der Waals surface area (Å²) >= 11 is 6.16. The van der Waals surface area contributed by atoms with E-state index in [1.54, 1.807) is 6.33 Å². The van der Waals surface area contributed by atoms with Gasteiger partial charge >= 0.3 is 0 Å². The average Bonchev–Trinajstić information content (AvgIpc) is 2.39. The molecule has 0 radical (unpaired) electrons. The molecule has 2 aromatic rings. The summed E-state index contributed by atoms with van der Waals surface area (Å²) in [6.07, 6.45) is 2.47. The molecule has 0 spiro atoms. The van der Waals surface area contributed by atoms with Crippen molar-refractivity contribution in [1.29, 1.82) is 0 Å². The molecule has 3 nitrogen and oxygen atoms in total. The Balaban J connectivity index is 2.28. The van der Waals surface area contributed by atoms with Crippen molar-refractivity contribution in [2.75, 3.05) is 5.32 Å². The Kier molecular flexibility index (Phi) is 4.15. The second kappa shape index (κ2) is 5.83. The lowest BCUT2D eigenvalue weighted by molar-refractivity contribution is 0.999. The molecule has 0 fully saturated rings. The van der Waals surface area contributed by atoms with Crippen LogP contribution in [0.1, 0.15) is 30.5 Å². The van der Waals surface area contributed by atoms with Gasteiger partial charge in [0.2, 0.25) is 0 Å². The Morgan fingerprint density at radius 2 is 2.06 bits per heavy atom. The molecule has 0 bridgehead atoms. The number of halogens is 1. The maximum absolute atomic E-state index is 6.16. The predicted molar refractivity (Wildman–Crippen MR) is 75.4 cm³/mol. The Bertz CT molecular complexity index is 526. The lowest BCUT2D eigenvalue weighted by atomic mass is 10.1. The predicted octanol–water partition coefficient (Wildman–Crippen LogP) is 4.08. The van der Waals surface area contributed by atoms with Crippen LogP contribution in [0.15, 0.2) is 36.7 Å². The van der Waals surface area contributed by atoms with Crippen molar-refractivity contribution in [2.45, 2.75) is 25.6 Å². The molecular formula is C14H16ClN3. The minimum Gasteiger partial charge on any atom is -0.340 e. The molecule has 0 aliphatic rings. The van der Waals surface area contributed by atoms with Crippen LogP contribution in [-0.2, 0) is 6.42 Å². The van der Waals surface area contributed by atoms with Gasteiger partial charge in [-0.2, -0.15) is 0 Å². The summed E-state index contributed by atoms with van der Waals surface area (Å²) in [7, 11) is 0. The van der Waals surface area contributed by atoms with E-state index in [4.69, 9.17) is 11.6 Å². The standard InChI is InChI=1S/C14H16ClN3/c1-3-11-8-14(17-9-16-11)18-13-7-5-4-6-12(13)10(2)15/h4-10H,3H2,1-2H3,(H,16,17,18). The topological polar surface area (TPSA) is 37.8 Å². The molecule has 18 heavy (non-hydrogen) atoms. The Labute approximate surface area is 112 Å². The highest BCUT2D eigenvalue weighted by Gasteiger charge is 2.08. The molecule has 0 amide bonds. The summed E-state index contributed by atoms with van der Waals surface area (Å²) in [4.78, 5) is 8.40. The van der Waals surface area contributed by atoms with E-state index in [-0.39, 0.29) is 5.38 Å². The third kappa shape index (κ3) is 2.99. The van der Waals surface area contributed by atoms with E-state index in [9.17, 15) is 0 Å². The molecule has 0 saturated carbocycles. The number of hydrogen-bond acceptors (Lipinski definition) is 3. The zero-order valence-corrected chi connectivity index (χ0v) is 11.3. The summed E-state index contributed by atoms with van der Waals surface area (Å²) < 4.78 is 0. The summed E-state index contributed by atoms with van der Waals surface area (Å²) in [5, 5.41) is 3.25. The number of rotatable bonds is 4. The number of nitrogens with zero attached hydrogens (tertiary/aromatic N) is 2. The highest BCUT2D eigenvalue weighted by Crippen LogP contribution is 2.28. The molecule has 0 saturated heterocycles. The van der Waals surface area contributed by atoms with Gasteiger partial charge in [0.05, 0.1) is 5.38 Å². The van der Waals surface area contributed by atoms with Crippen molar-refractivity contribution in [2.24, 2.45) is 0 Å². The molecule has 0 aliphatic heterocycles. The Morgan fingerprint density at radius 3 is 2.78 bits per heavy atom. The Hall–Kier alpha value is -1.61. The first-order chi connectivity index (χ1) is 8.70. The highest BCUT2D eigenvalue weighted by molar-refractivity contribution is 6.21. The average molecular weight is 262 g/mol. The molecule has 1 unspecified atom stereocenters. The second-order valence-corrected chi connectivity index (χ2v) is 4.73. The van der Waals surface area contributed by atoms with Gasteiger partial charge in [0.25, 0.3) is 0 Å². The van der Waals surface area contributed by atoms with Gasteiger partial charge in [0.15, 0.2) is 0 Å². The Morgan fingerprint density at radius 1 is 1.28 bits per heavy atom. The van der Waals surface area contributed by atoms with Crippen LogP contribution in [0.3, 0.4) is 0 Å². The minimum absolute atomic E-state index is 0.0406. The lowest BCUT2D eigenvalue weighted by Gasteiger charge is -2.13. The molecular weight excluding hydrogens is 246 g/mol. The van der Waals surface area contributed by atoms with Crippen LogP contribution < -0.4 is 5.32 Å².